The first-order valence-corrected chi connectivity index (χ1v) is 6.45. The summed E-state index contributed by atoms with van der Waals surface area (Å²) in [6, 6.07) is 4.00. The van der Waals surface area contributed by atoms with Crippen molar-refractivity contribution in [3.05, 3.63) is 23.3 Å². The number of aromatic hydroxyl groups is 1. The molecular formula is C14H19NO. The lowest BCUT2D eigenvalue weighted by atomic mass is 9.89. The second-order valence-corrected chi connectivity index (χ2v) is 4.96. The van der Waals surface area contributed by atoms with Crippen molar-refractivity contribution in [1.29, 1.82) is 0 Å². The highest BCUT2D eigenvalue weighted by Crippen LogP contribution is 2.36. The van der Waals surface area contributed by atoms with Gasteiger partial charge in [0, 0.05) is 18.8 Å². The largest absolute Gasteiger partial charge is 0.508 e. The number of anilines is 1. The molecule has 1 aliphatic heterocycles. The third-order valence-electron chi connectivity index (χ3n) is 3.93. The molecule has 1 saturated heterocycles. The molecule has 0 amide bonds. The second kappa shape index (κ2) is 4.00. The Morgan fingerprint density at radius 2 is 1.56 bits per heavy atom. The van der Waals surface area contributed by atoms with E-state index in [2.05, 4.69) is 11.0 Å². The molecule has 1 fully saturated rings. The van der Waals surface area contributed by atoms with E-state index in [1.54, 1.807) is 0 Å². The lowest BCUT2D eigenvalue weighted by Crippen LogP contribution is -2.21. The maximum absolute atomic E-state index is 9.91. The van der Waals surface area contributed by atoms with Gasteiger partial charge in [0.1, 0.15) is 5.75 Å². The molecule has 1 aliphatic carbocycles. The number of benzene rings is 1. The predicted molar refractivity (Wildman–Crippen MR) is 66.2 cm³/mol. The molecule has 1 N–H and O–H groups in total. The van der Waals surface area contributed by atoms with Gasteiger partial charge in [-0.1, -0.05) is 0 Å². The van der Waals surface area contributed by atoms with E-state index in [-0.39, 0.29) is 0 Å². The number of hydrogen-bond acceptors (Lipinski definition) is 2. The van der Waals surface area contributed by atoms with E-state index >= 15 is 0 Å². The Kier molecular flexibility index (Phi) is 2.50. The van der Waals surface area contributed by atoms with Crippen molar-refractivity contribution in [3.8, 4) is 5.75 Å². The average molecular weight is 217 g/mol. The van der Waals surface area contributed by atoms with Crippen LogP contribution in [-0.4, -0.2) is 18.2 Å². The standard InChI is InChI=1S/C14H19NO/c16-14-8-7-13(15-9-3-4-10-15)11-5-1-2-6-12(11)14/h7-8,16H,1-6,9-10H2. The minimum Gasteiger partial charge on any atom is -0.508 e. The first-order valence-electron chi connectivity index (χ1n) is 6.45. The molecule has 0 radical (unpaired) electrons. The van der Waals surface area contributed by atoms with Crippen molar-refractivity contribution in [2.45, 2.75) is 38.5 Å². The first-order chi connectivity index (χ1) is 7.86. The number of phenols is 1. The molecule has 2 heteroatoms. The van der Waals surface area contributed by atoms with Crippen LogP contribution in [0.3, 0.4) is 0 Å². The molecule has 2 aliphatic rings. The van der Waals surface area contributed by atoms with Crippen LogP contribution in [0.5, 0.6) is 5.75 Å². The van der Waals surface area contributed by atoms with Crippen LogP contribution in [-0.2, 0) is 12.8 Å². The minimum atomic E-state index is 0.512. The third kappa shape index (κ3) is 1.57. The summed E-state index contributed by atoms with van der Waals surface area (Å²) >= 11 is 0. The number of rotatable bonds is 1. The number of nitrogens with zero attached hydrogens (tertiary/aromatic N) is 1. The van der Waals surface area contributed by atoms with Crippen LogP contribution in [0.2, 0.25) is 0 Å². The molecule has 1 heterocycles. The molecule has 0 bridgehead atoms. The molecule has 0 unspecified atom stereocenters. The van der Waals surface area contributed by atoms with E-state index in [4.69, 9.17) is 0 Å². The molecule has 0 atom stereocenters. The summed E-state index contributed by atoms with van der Waals surface area (Å²) in [5.41, 5.74) is 4.04. The Labute approximate surface area is 96.9 Å². The fraction of sp³-hybridized carbons (Fsp3) is 0.571. The van der Waals surface area contributed by atoms with E-state index in [0.717, 1.165) is 12.8 Å². The van der Waals surface area contributed by atoms with Crippen LogP contribution in [0, 0.1) is 0 Å². The molecule has 1 aromatic carbocycles. The maximum atomic E-state index is 9.91. The van der Waals surface area contributed by atoms with E-state index < -0.39 is 0 Å². The summed E-state index contributed by atoms with van der Waals surface area (Å²) in [4.78, 5) is 2.49. The van der Waals surface area contributed by atoms with Gasteiger partial charge in [0.15, 0.2) is 0 Å². The molecule has 1 aromatic rings. The topological polar surface area (TPSA) is 23.5 Å². The Morgan fingerprint density at radius 1 is 0.875 bits per heavy atom. The highest BCUT2D eigenvalue weighted by molar-refractivity contribution is 5.61. The highest BCUT2D eigenvalue weighted by atomic mass is 16.3. The Balaban J connectivity index is 2.04. The van der Waals surface area contributed by atoms with Gasteiger partial charge in [-0.3, -0.25) is 0 Å². The van der Waals surface area contributed by atoms with Crippen molar-refractivity contribution < 1.29 is 5.11 Å². The van der Waals surface area contributed by atoms with Gasteiger partial charge in [-0.15, -0.1) is 0 Å². The van der Waals surface area contributed by atoms with Gasteiger partial charge in [0.2, 0.25) is 0 Å². The fourth-order valence-corrected chi connectivity index (χ4v) is 3.08. The summed E-state index contributed by atoms with van der Waals surface area (Å²) < 4.78 is 0. The molecule has 0 aromatic heterocycles. The zero-order chi connectivity index (χ0) is 11.0. The Hall–Kier alpha value is -1.18. The van der Waals surface area contributed by atoms with Crippen LogP contribution in [0.1, 0.15) is 36.8 Å². The number of hydrogen-bond donors (Lipinski definition) is 1. The van der Waals surface area contributed by atoms with Gasteiger partial charge < -0.3 is 10.0 Å². The Morgan fingerprint density at radius 3 is 2.31 bits per heavy atom. The zero-order valence-electron chi connectivity index (χ0n) is 9.71. The molecule has 2 nitrogen and oxygen atoms in total. The van der Waals surface area contributed by atoms with Crippen LogP contribution in [0.15, 0.2) is 12.1 Å². The van der Waals surface area contributed by atoms with Crippen molar-refractivity contribution in [2.24, 2.45) is 0 Å². The van der Waals surface area contributed by atoms with Crippen LogP contribution < -0.4 is 4.90 Å². The van der Waals surface area contributed by atoms with Gasteiger partial charge >= 0.3 is 0 Å². The van der Waals surface area contributed by atoms with Crippen molar-refractivity contribution >= 4 is 5.69 Å². The van der Waals surface area contributed by atoms with Gasteiger partial charge in [0.25, 0.3) is 0 Å². The average Bonchev–Trinajstić information content (AvgIpc) is 2.83. The number of phenolic OH excluding ortho intramolecular Hbond substituents is 1. The second-order valence-electron chi connectivity index (χ2n) is 4.96. The molecule has 16 heavy (non-hydrogen) atoms. The van der Waals surface area contributed by atoms with E-state index in [1.807, 2.05) is 6.07 Å². The summed E-state index contributed by atoms with van der Waals surface area (Å²) in [5, 5.41) is 9.91. The normalized spacial score (nSPS) is 19.9. The van der Waals surface area contributed by atoms with Crippen LogP contribution in [0.25, 0.3) is 0 Å². The molecular weight excluding hydrogens is 198 g/mol. The van der Waals surface area contributed by atoms with Gasteiger partial charge in [0.05, 0.1) is 0 Å². The summed E-state index contributed by atoms with van der Waals surface area (Å²) in [6.45, 7) is 2.38. The quantitative estimate of drug-likeness (QED) is 0.782. The lowest BCUT2D eigenvalue weighted by Gasteiger charge is -2.26. The monoisotopic (exact) mass is 217 g/mol. The van der Waals surface area contributed by atoms with Crippen molar-refractivity contribution in [2.75, 3.05) is 18.0 Å². The van der Waals surface area contributed by atoms with Gasteiger partial charge in [-0.2, -0.15) is 0 Å². The van der Waals surface area contributed by atoms with E-state index in [9.17, 15) is 5.11 Å². The molecule has 0 saturated carbocycles. The smallest absolute Gasteiger partial charge is 0.119 e. The minimum absolute atomic E-state index is 0.512. The summed E-state index contributed by atoms with van der Waals surface area (Å²) in [6.07, 6.45) is 7.34. The SMILES string of the molecule is Oc1ccc(N2CCCC2)c2c1CCCC2. The zero-order valence-corrected chi connectivity index (χ0v) is 9.71. The highest BCUT2D eigenvalue weighted by Gasteiger charge is 2.21. The van der Waals surface area contributed by atoms with Crippen molar-refractivity contribution in [3.63, 3.8) is 0 Å². The molecule has 86 valence electrons. The summed E-state index contributed by atoms with van der Waals surface area (Å²) in [7, 11) is 0. The van der Waals surface area contributed by atoms with Crippen molar-refractivity contribution in [1.82, 2.24) is 0 Å². The number of fused-ring (bicyclic) bond motifs is 1. The third-order valence-corrected chi connectivity index (χ3v) is 3.93. The predicted octanol–water partition coefficient (Wildman–Crippen LogP) is 2.87. The fourth-order valence-electron chi connectivity index (χ4n) is 3.08. The van der Waals surface area contributed by atoms with E-state index in [1.165, 1.54) is 55.6 Å². The van der Waals surface area contributed by atoms with Crippen LogP contribution >= 0.6 is 0 Å². The van der Waals surface area contributed by atoms with Gasteiger partial charge in [-0.05, 0) is 61.8 Å². The maximum Gasteiger partial charge on any atom is 0.119 e. The summed E-state index contributed by atoms with van der Waals surface area (Å²) in [5.74, 6) is 0.512. The van der Waals surface area contributed by atoms with Gasteiger partial charge in [-0.25, -0.2) is 0 Å². The first kappa shape index (κ1) is 10.0. The lowest BCUT2D eigenvalue weighted by molar-refractivity contribution is 0.462. The Bertz CT molecular complexity index is 394. The molecule has 3 rings (SSSR count). The van der Waals surface area contributed by atoms with E-state index in [0.29, 0.717) is 5.75 Å². The molecule has 0 spiro atoms. The van der Waals surface area contributed by atoms with Crippen LogP contribution in [0.4, 0.5) is 5.69 Å².